The largest absolute Gasteiger partial charge is 0.452 e. The van der Waals surface area contributed by atoms with Gasteiger partial charge in [-0.15, -0.1) is 0 Å². The molecular formula is C19H20N2O. The minimum atomic E-state index is 0.450. The van der Waals surface area contributed by atoms with Crippen molar-refractivity contribution >= 4 is 33.1 Å². The maximum atomic E-state index is 6.05. The van der Waals surface area contributed by atoms with Crippen molar-refractivity contribution in [1.82, 2.24) is 9.97 Å². The van der Waals surface area contributed by atoms with Crippen molar-refractivity contribution in [3.05, 3.63) is 41.6 Å². The van der Waals surface area contributed by atoms with Crippen molar-refractivity contribution < 1.29 is 4.42 Å². The van der Waals surface area contributed by atoms with Crippen LogP contribution in [0.5, 0.6) is 0 Å². The van der Waals surface area contributed by atoms with Crippen molar-refractivity contribution in [3.63, 3.8) is 0 Å². The van der Waals surface area contributed by atoms with Crippen LogP contribution in [-0.4, -0.2) is 9.97 Å². The van der Waals surface area contributed by atoms with Gasteiger partial charge in [-0.05, 0) is 41.7 Å². The number of H-pyrrole nitrogens is 1. The molecule has 0 atom stereocenters. The van der Waals surface area contributed by atoms with E-state index in [0.717, 1.165) is 33.1 Å². The number of pyridine rings is 1. The topological polar surface area (TPSA) is 41.8 Å². The smallest absolute Gasteiger partial charge is 0.164 e. The number of furan rings is 1. The molecule has 0 aliphatic carbocycles. The molecule has 0 amide bonds. The van der Waals surface area contributed by atoms with Crippen molar-refractivity contribution in [2.75, 3.05) is 0 Å². The van der Waals surface area contributed by atoms with Gasteiger partial charge in [-0.3, -0.25) is 0 Å². The molecule has 3 heterocycles. The predicted molar refractivity (Wildman–Crippen MR) is 91.5 cm³/mol. The molecule has 1 N–H and O–H groups in total. The Morgan fingerprint density at radius 1 is 1.00 bits per heavy atom. The number of aromatic nitrogens is 2. The van der Waals surface area contributed by atoms with Gasteiger partial charge in [0.15, 0.2) is 11.2 Å². The summed E-state index contributed by atoms with van der Waals surface area (Å²) in [5.74, 6) is 0.953. The molecule has 0 saturated heterocycles. The van der Waals surface area contributed by atoms with Gasteiger partial charge in [0.25, 0.3) is 0 Å². The molecule has 112 valence electrons. The maximum absolute atomic E-state index is 6.05. The summed E-state index contributed by atoms with van der Waals surface area (Å²) in [5.41, 5.74) is 7.23. The second-order valence-electron chi connectivity index (χ2n) is 6.63. The van der Waals surface area contributed by atoms with Gasteiger partial charge in [0.05, 0.1) is 5.52 Å². The SMILES string of the molecule is CC(C)c1ccc2c(c1)nc1c3[nH]c(C(C)C)ccc3oc21. The summed E-state index contributed by atoms with van der Waals surface area (Å²) < 4.78 is 6.05. The maximum Gasteiger partial charge on any atom is 0.164 e. The number of nitrogens with zero attached hydrogens (tertiary/aromatic N) is 1. The van der Waals surface area contributed by atoms with Gasteiger partial charge in [-0.1, -0.05) is 33.8 Å². The highest BCUT2D eigenvalue weighted by atomic mass is 16.3. The van der Waals surface area contributed by atoms with Gasteiger partial charge >= 0.3 is 0 Å². The number of nitrogens with one attached hydrogen (secondary N) is 1. The normalized spacial score (nSPS) is 12.5. The zero-order valence-electron chi connectivity index (χ0n) is 13.4. The Balaban J connectivity index is 2.04. The standard InChI is InChI=1S/C19H20N2O/c1-10(2)12-5-6-13-15(9-12)21-18-17-16(22-19(13)18)8-7-14(20-17)11(3)4/h5-11,20H,1-4H3. The molecule has 22 heavy (non-hydrogen) atoms. The monoisotopic (exact) mass is 292 g/mol. The second-order valence-corrected chi connectivity index (χ2v) is 6.63. The Hall–Kier alpha value is -2.29. The first-order valence-electron chi connectivity index (χ1n) is 7.89. The van der Waals surface area contributed by atoms with Gasteiger partial charge in [0, 0.05) is 11.1 Å². The zero-order chi connectivity index (χ0) is 15.4. The van der Waals surface area contributed by atoms with E-state index in [2.05, 4.69) is 56.9 Å². The lowest BCUT2D eigenvalue weighted by molar-refractivity contribution is 0.671. The Bertz CT molecular complexity index is 989. The van der Waals surface area contributed by atoms with Crippen molar-refractivity contribution in [2.45, 2.75) is 39.5 Å². The third-order valence-corrected chi connectivity index (χ3v) is 4.38. The number of hydrogen-bond donors (Lipinski definition) is 1. The third-order valence-electron chi connectivity index (χ3n) is 4.38. The highest BCUT2D eigenvalue weighted by Crippen LogP contribution is 2.34. The van der Waals surface area contributed by atoms with Crippen molar-refractivity contribution in [3.8, 4) is 0 Å². The number of benzene rings is 1. The van der Waals surface area contributed by atoms with Crippen LogP contribution in [0, 0.1) is 0 Å². The van der Waals surface area contributed by atoms with E-state index in [9.17, 15) is 0 Å². The first-order chi connectivity index (χ1) is 10.5. The summed E-state index contributed by atoms with van der Waals surface area (Å²) in [6, 6.07) is 10.6. The lowest BCUT2D eigenvalue weighted by atomic mass is 10.0. The molecule has 0 unspecified atom stereocenters. The van der Waals surface area contributed by atoms with Crippen LogP contribution in [0.1, 0.15) is 50.8 Å². The molecule has 0 radical (unpaired) electrons. The Kier molecular flexibility index (Phi) is 2.80. The van der Waals surface area contributed by atoms with Crippen LogP contribution >= 0.6 is 0 Å². The average Bonchev–Trinajstić information content (AvgIpc) is 3.01. The molecule has 0 bridgehead atoms. The van der Waals surface area contributed by atoms with Crippen LogP contribution in [0.25, 0.3) is 33.1 Å². The quantitative estimate of drug-likeness (QED) is 0.514. The first kappa shape index (κ1) is 13.4. The lowest BCUT2D eigenvalue weighted by Gasteiger charge is -2.05. The molecule has 0 aliphatic rings. The summed E-state index contributed by atoms with van der Waals surface area (Å²) in [7, 11) is 0. The van der Waals surface area contributed by atoms with E-state index in [1.54, 1.807) is 0 Å². The van der Waals surface area contributed by atoms with E-state index in [1.807, 2.05) is 6.07 Å². The van der Waals surface area contributed by atoms with E-state index in [-0.39, 0.29) is 0 Å². The Labute approximate surface area is 129 Å². The summed E-state index contributed by atoms with van der Waals surface area (Å²) in [5, 5.41) is 1.09. The molecule has 4 rings (SSSR count). The van der Waals surface area contributed by atoms with Crippen LogP contribution in [0.3, 0.4) is 0 Å². The molecule has 0 saturated carbocycles. The summed E-state index contributed by atoms with van der Waals surface area (Å²) in [6.45, 7) is 8.76. The fourth-order valence-electron chi connectivity index (χ4n) is 2.97. The molecule has 0 fully saturated rings. The van der Waals surface area contributed by atoms with E-state index in [4.69, 9.17) is 9.40 Å². The predicted octanol–water partition coefficient (Wildman–Crippen LogP) is 5.71. The van der Waals surface area contributed by atoms with E-state index in [1.165, 1.54) is 11.3 Å². The second kappa shape index (κ2) is 4.60. The summed E-state index contributed by atoms with van der Waals surface area (Å²) in [4.78, 5) is 8.31. The number of hydrogen-bond acceptors (Lipinski definition) is 2. The molecule has 0 spiro atoms. The highest BCUT2D eigenvalue weighted by molar-refractivity contribution is 6.13. The molecule has 1 aromatic carbocycles. The van der Waals surface area contributed by atoms with Gasteiger partial charge < -0.3 is 9.40 Å². The van der Waals surface area contributed by atoms with E-state index >= 15 is 0 Å². The zero-order valence-corrected chi connectivity index (χ0v) is 13.4. The lowest BCUT2D eigenvalue weighted by Crippen LogP contribution is -1.91. The first-order valence-corrected chi connectivity index (χ1v) is 7.89. The Morgan fingerprint density at radius 3 is 2.55 bits per heavy atom. The van der Waals surface area contributed by atoms with Gasteiger partial charge in [-0.2, -0.15) is 0 Å². The highest BCUT2D eigenvalue weighted by Gasteiger charge is 2.16. The van der Waals surface area contributed by atoms with Crippen LogP contribution in [-0.2, 0) is 0 Å². The van der Waals surface area contributed by atoms with E-state index < -0.39 is 0 Å². The minimum absolute atomic E-state index is 0.450. The average molecular weight is 292 g/mol. The number of fused-ring (bicyclic) bond motifs is 5. The number of aromatic amines is 1. The molecule has 3 heteroatoms. The van der Waals surface area contributed by atoms with Crippen LogP contribution in [0.15, 0.2) is 34.7 Å². The van der Waals surface area contributed by atoms with Crippen LogP contribution < -0.4 is 0 Å². The van der Waals surface area contributed by atoms with Gasteiger partial charge in [0.2, 0.25) is 0 Å². The summed E-state index contributed by atoms with van der Waals surface area (Å²) in [6.07, 6.45) is 0. The third kappa shape index (κ3) is 1.85. The molecule has 4 aromatic rings. The van der Waals surface area contributed by atoms with Crippen LogP contribution in [0.4, 0.5) is 0 Å². The minimum Gasteiger partial charge on any atom is -0.452 e. The van der Waals surface area contributed by atoms with Crippen molar-refractivity contribution in [2.24, 2.45) is 0 Å². The summed E-state index contributed by atoms with van der Waals surface area (Å²) >= 11 is 0. The van der Waals surface area contributed by atoms with E-state index in [0.29, 0.717) is 11.8 Å². The molecule has 3 nitrogen and oxygen atoms in total. The molecule has 3 aromatic heterocycles. The van der Waals surface area contributed by atoms with Gasteiger partial charge in [0.1, 0.15) is 11.0 Å². The number of rotatable bonds is 2. The van der Waals surface area contributed by atoms with Crippen LogP contribution in [0.2, 0.25) is 0 Å². The Morgan fingerprint density at radius 2 is 1.82 bits per heavy atom. The fourth-order valence-corrected chi connectivity index (χ4v) is 2.97. The molecule has 0 aliphatic heterocycles. The van der Waals surface area contributed by atoms with Gasteiger partial charge in [-0.25, -0.2) is 4.98 Å². The van der Waals surface area contributed by atoms with Crippen molar-refractivity contribution in [1.29, 1.82) is 0 Å². The fraction of sp³-hybridized carbons (Fsp3) is 0.316. The molecular weight excluding hydrogens is 272 g/mol.